The number of carbonyl (C=O) groups is 1. The van der Waals surface area contributed by atoms with E-state index in [1.54, 1.807) is 18.0 Å². The lowest BCUT2D eigenvalue weighted by atomic mass is 9.47. The molecule has 6 rings (SSSR count). The number of aromatic nitrogens is 1. The zero-order valence-corrected chi connectivity index (χ0v) is 25.4. The molecular weight excluding hydrogens is 496 g/mol. The van der Waals surface area contributed by atoms with Crippen LogP contribution in [0.1, 0.15) is 105 Å². The van der Waals surface area contributed by atoms with E-state index in [1.165, 1.54) is 32.1 Å². The van der Waals surface area contributed by atoms with Crippen molar-refractivity contribution in [2.45, 2.75) is 123 Å². The summed E-state index contributed by atoms with van der Waals surface area (Å²) >= 11 is 0. The van der Waals surface area contributed by atoms with E-state index in [-0.39, 0.29) is 18.2 Å². The molecule has 3 saturated carbocycles. The molecule has 0 unspecified atom stereocenters. The van der Waals surface area contributed by atoms with Crippen molar-refractivity contribution >= 4 is 5.91 Å². The number of fused-ring (bicyclic) bond motifs is 5. The van der Waals surface area contributed by atoms with Gasteiger partial charge >= 0.3 is 0 Å². The van der Waals surface area contributed by atoms with Gasteiger partial charge in [0.25, 0.3) is 0 Å². The number of hydrogen-bond acceptors (Lipinski definition) is 4. The molecule has 5 heteroatoms. The predicted octanol–water partition coefficient (Wildman–Crippen LogP) is 7.20. The van der Waals surface area contributed by atoms with Crippen molar-refractivity contribution in [2.24, 2.45) is 40.4 Å². The third kappa shape index (κ3) is 5.03. The molecule has 1 saturated heterocycles. The summed E-state index contributed by atoms with van der Waals surface area (Å²) in [5.74, 6) is 4.94. The molecule has 1 aromatic heterocycles. The van der Waals surface area contributed by atoms with Gasteiger partial charge in [-0.1, -0.05) is 32.4 Å². The van der Waals surface area contributed by atoms with E-state index < -0.39 is 0 Å². The van der Waals surface area contributed by atoms with Crippen LogP contribution in [-0.4, -0.2) is 45.7 Å². The highest BCUT2D eigenvalue weighted by molar-refractivity contribution is 5.76. The first-order valence-electron chi connectivity index (χ1n) is 16.4. The fourth-order valence-corrected chi connectivity index (χ4v) is 10.5. The molecule has 4 fully saturated rings. The molecule has 1 N–H and O–H groups in total. The lowest BCUT2D eigenvalue weighted by molar-refractivity contribution is -0.136. The van der Waals surface area contributed by atoms with Crippen LogP contribution in [0.15, 0.2) is 36.2 Å². The van der Waals surface area contributed by atoms with Crippen molar-refractivity contribution in [1.82, 2.24) is 9.88 Å². The van der Waals surface area contributed by atoms with Gasteiger partial charge in [-0.05, 0) is 117 Å². The van der Waals surface area contributed by atoms with Crippen LogP contribution >= 0.6 is 0 Å². The Balaban J connectivity index is 1.03. The maximum Gasteiger partial charge on any atom is 0.222 e. The first kappa shape index (κ1) is 28.2. The standard InChI is InChI=1S/C35H52N2O3/c1-23(5-10-33(39)37-20-15-28(21-24(37)2)40-27-13-18-36-19-14-27)30-8-9-31-29-7-6-25-22-26(38)11-16-34(25,3)32(29)12-17-35(30,31)4/h6,13-14,18-19,23-24,26,28-32,38H,5,7-12,15-17,20-22H2,1-4H3/t23-,24+,26+,28+,29+,30-,31+,32+,34+,35-/m1/s1. The normalized spacial score (nSPS) is 41.8. The Morgan fingerprint density at radius 1 is 1.12 bits per heavy atom. The van der Waals surface area contributed by atoms with Crippen molar-refractivity contribution in [1.29, 1.82) is 0 Å². The van der Waals surface area contributed by atoms with E-state index in [4.69, 9.17) is 4.74 Å². The van der Waals surface area contributed by atoms with Crippen LogP contribution in [0.2, 0.25) is 0 Å². The molecule has 40 heavy (non-hydrogen) atoms. The van der Waals surface area contributed by atoms with Crippen molar-refractivity contribution in [3.8, 4) is 5.75 Å². The molecule has 1 amide bonds. The summed E-state index contributed by atoms with van der Waals surface area (Å²) in [6, 6.07) is 4.04. The van der Waals surface area contributed by atoms with Crippen LogP contribution < -0.4 is 4.74 Å². The van der Waals surface area contributed by atoms with Gasteiger partial charge in [0, 0.05) is 44.2 Å². The molecule has 1 aliphatic heterocycles. The summed E-state index contributed by atoms with van der Waals surface area (Å²) in [5, 5.41) is 10.3. The van der Waals surface area contributed by atoms with Gasteiger partial charge in [0.1, 0.15) is 11.9 Å². The van der Waals surface area contributed by atoms with E-state index >= 15 is 0 Å². The number of pyridine rings is 1. The fraction of sp³-hybridized carbons (Fsp3) is 0.771. The van der Waals surface area contributed by atoms with Crippen LogP contribution in [0.25, 0.3) is 0 Å². The van der Waals surface area contributed by atoms with E-state index in [0.29, 0.717) is 29.1 Å². The van der Waals surface area contributed by atoms with E-state index in [2.05, 4.69) is 43.7 Å². The molecule has 0 spiro atoms. The van der Waals surface area contributed by atoms with Gasteiger partial charge in [-0.15, -0.1) is 0 Å². The van der Waals surface area contributed by atoms with E-state index in [1.807, 2.05) is 12.1 Å². The van der Waals surface area contributed by atoms with Gasteiger partial charge in [0.05, 0.1) is 6.10 Å². The summed E-state index contributed by atoms with van der Waals surface area (Å²) < 4.78 is 6.17. The number of hydrogen-bond donors (Lipinski definition) is 1. The van der Waals surface area contributed by atoms with Crippen molar-refractivity contribution in [3.63, 3.8) is 0 Å². The largest absolute Gasteiger partial charge is 0.490 e. The number of likely N-dealkylation sites (tertiary alicyclic amines) is 1. The van der Waals surface area contributed by atoms with Gasteiger partial charge in [0.15, 0.2) is 0 Å². The second-order valence-electron chi connectivity index (χ2n) is 14.8. The summed E-state index contributed by atoms with van der Waals surface area (Å²) in [4.78, 5) is 19.6. The Hall–Kier alpha value is -1.88. The number of allylic oxidation sites excluding steroid dienone is 1. The van der Waals surface area contributed by atoms with Crippen LogP contribution in [-0.2, 0) is 4.79 Å². The summed E-state index contributed by atoms with van der Waals surface area (Å²) in [7, 11) is 0. The molecule has 10 atom stereocenters. The van der Waals surface area contributed by atoms with Crippen LogP contribution in [0.5, 0.6) is 5.75 Å². The lowest BCUT2D eigenvalue weighted by Crippen LogP contribution is -2.51. The number of piperidine rings is 1. The lowest BCUT2D eigenvalue weighted by Gasteiger charge is -2.58. The highest BCUT2D eigenvalue weighted by Crippen LogP contribution is 2.67. The third-order valence-corrected chi connectivity index (χ3v) is 12.8. The second kappa shape index (κ2) is 11.1. The minimum Gasteiger partial charge on any atom is -0.490 e. The summed E-state index contributed by atoms with van der Waals surface area (Å²) in [5.41, 5.74) is 2.29. The highest BCUT2D eigenvalue weighted by atomic mass is 16.5. The monoisotopic (exact) mass is 548 g/mol. The van der Waals surface area contributed by atoms with Gasteiger partial charge in [-0.2, -0.15) is 0 Å². The molecule has 5 nitrogen and oxygen atoms in total. The molecule has 1 aromatic rings. The predicted molar refractivity (Wildman–Crippen MR) is 159 cm³/mol. The van der Waals surface area contributed by atoms with Crippen molar-refractivity contribution < 1.29 is 14.6 Å². The highest BCUT2D eigenvalue weighted by Gasteiger charge is 2.59. The third-order valence-electron chi connectivity index (χ3n) is 12.8. The Labute approximate surface area is 242 Å². The quantitative estimate of drug-likeness (QED) is 0.382. The first-order valence-corrected chi connectivity index (χ1v) is 16.4. The Morgan fingerprint density at radius 2 is 1.93 bits per heavy atom. The number of carbonyl (C=O) groups excluding carboxylic acids is 1. The topological polar surface area (TPSA) is 62.7 Å². The molecule has 5 aliphatic rings. The van der Waals surface area contributed by atoms with Crippen LogP contribution in [0.4, 0.5) is 0 Å². The van der Waals surface area contributed by atoms with E-state index in [0.717, 1.165) is 74.5 Å². The van der Waals surface area contributed by atoms with Crippen LogP contribution in [0, 0.1) is 40.4 Å². The smallest absolute Gasteiger partial charge is 0.222 e. The minimum absolute atomic E-state index is 0.126. The molecular formula is C35H52N2O3. The number of ether oxygens (including phenoxy) is 1. The Morgan fingerprint density at radius 3 is 2.70 bits per heavy atom. The van der Waals surface area contributed by atoms with Gasteiger partial charge in [-0.25, -0.2) is 0 Å². The molecule has 0 radical (unpaired) electrons. The average Bonchev–Trinajstić information content (AvgIpc) is 3.30. The van der Waals surface area contributed by atoms with Gasteiger partial charge in [-0.3, -0.25) is 9.78 Å². The fourth-order valence-electron chi connectivity index (χ4n) is 10.5. The number of aliphatic hydroxyl groups excluding tert-OH is 1. The second-order valence-corrected chi connectivity index (χ2v) is 14.8. The minimum atomic E-state index is -0.126. The molecule has 2 heterocycles. The zero-order valence-electron chi connectivity index (χ0n) is 25.4. The zero-order chi connectivity index (χ0) is 28.1. The van der Waals surface area contributed by atoms with Gasteiger partial charge < -0.3 is 14.7 Å². The van der Waals surface area contributed by atoms with Crippen molar-refractivity contribution in [3.05, 3.63) is 36.2 Å². The molecule has 0 aromatic carbocycles. The maximum absolute atomic E-state index is 13.4. The number of amides is 1. The molecule has 220 valence electrons. The summed E-state index contributed by atoms with van der Waals surface area (Å²) in [6.07, 6.45) is 19.3. The number of aliphatic hydroxyl groups is 1. The van der Waals surface area contributed by atoms with E-state index in [9.17, 15) is 9.90 Å². The number of nitrogens with zero attached hydrogens (tertiary/aromatic N) is 2. The SMILES string of the molecule is C[C@H](CCC(=O)N1CC[C@H](Oc2ccncc2)C[C@@H]1C)[C@H]1CC[C@H]2[C@@H]3CC=C4C[C@@H](O)CC[C@]4(C)[C@H]3CC[C@]12C. The number of rotatable bonds is 6. The summed E-state index contributed by atoms with van der Waals surface area (Å²) in [6.45, 7) is 10.6. The van der Waals surface area contributed by atoms with Gasteiger partial charge in [0.2, 0.25) is 5.91 Å². The first-order chi connectivity index (χ1) is 19.2. The van der Waals surface area contributed by atoms with Crippen molar-refractivity contribution in [2.75, 3.05) is 6.54 Å². The molecule has 0 bridgehead atoms. The Kier molecular flexibility index (Phi) is 7.82. The average molecular weight is 549 g/mol. The maximum atomic E-state index is 13.4. The Bertz CT molecular complexity index is 1090. The van der Waals surface area contributed by atoms with Crippen LogP contribution in [0.3, 0.4) is 0 Å². The molecule has 4 aliphatic carbocycles.